The zero-order valence-corrected chi connectivity index (χ0v) is 15.8. The van der Waals surface area contributed by atoms with E-state index in [0.717, 1.165) is 42.8 Å². The zero-order valence-electron chi connectivity index (χ0n) is 15.8. The number of rotatable bonds is 5. The van der Waals surface area contributed by atoms with E-state index < -0.39 is 0 Å². The van der Waals surface area contributed by atoms with Crippen molar-refractivity contribution < 1.29 is 0 Å². The highest BCUT2D eigenvalue weighted by atomic mass is 14.9. The maximum Gasteiger partial charge on any atom is 0.112 e. The second kappa shape index (κ2) is 9.13. The molecule has 0 radical (unpaired) electrons. The normalized spacial score (nSPS) is 30.7. The minimum atomic E-state index is 0.338. The molecule has 0 spiro atoms. The summed E-state index contributed by atoms with van der Waals surface area (Å²) in [5.74, 6) is 0.626. The minimum Gasteiger partial charge on any atom is -0.360 e. The second-order valence-corrected chi connectivity index (χ2v) is 7.63. The van der Waals surface area contributed by atoms with Crippen LogP contribution in [0.5, 0.6) is 0 Å². The van der Waals surface area contributed by atoms with Gasteiger partial charge in [0.2, 0.25) is 0 Å². The summed E-state index contributed by atoms with van der Waals surface area (Å²) in [5.41, 5.74) is 10.3. The maximum absolute atomic E-state index is 6.06. The highest BCUT2D eigenvalue weighted by Crippen LogP contribution is 2.33. The Kier molecular flexibility index (Phi) is 6.62. The molecule has 4 nitrogen and oxygen atoms in total. The molecule has 0 unspecified atom stereocenters. The summed E-state index contributed by atoms with van der Waals surface area (Å²) in [5, 5.41) is 3.27. The predicted molar refractivity (Wildman–Crippen MR) is 111 cm³/mol. The average Bonchev–Trinajstić information content (AvgIpc) is 2.67. The first kappa shape index (κ1) is 18.8. The third-order valence-corrected chi connectivity index (χ3v) is 5.73. The number of hydrogen-bond donors (Lipinski definition) is 2. The van der Waals surface area contributed by atoms with Crippen molar-refractivity contribution in [2.45, 2.75) is 69.9 Å². The smallest absolute Gasteiger partial charge is 0.112 e. The minimum absolute atomic E-state index is 0.338. The summed E-state index contributed by atoms with van der Waals surface area (Å²) in [6, 6.07) is 0.678. The molecule has 0 aromatic carbocycles. The molecule has 0 aromatic heterocycles. The van der Waals surface area contributed by atoms with E-state index in [0.29, 0.717) is 18.0 Å². The van der Waals surface area contributed by atoms with Gasteiger partial charge in [-0.2, -0.15) is 0 Å². The fraction of sp³-hybridized carbons (Fsp3) is 0.545. The van der Waals surface area contributed by atoms with Crippen LogP contribution < -0.4 is 11.1 Å². The summed E-state index contributed by atoms with van der Waals surface area (Å²) in [6.45, 7) is 7.62. The van der Waals surface area contributed by atoms with E-state index in [-0.39, 0.29) is 0 Å². The van der Waals surface area contributed by atoms with Crippen LogP contribution in [0.4, 0.5) is 0 Å². The summed E-state index contributed by atoms with van der Waals surface area (Å²) in [7, 11) is 0. The number of nitrogens with zero attached hydrogens (tertiary/aromatic N) is 2. The Balaban J connectivity index is 1.92. The van der Waals surface area contributed by atoms with Gasteiger partial charge in [0.1, 0.15) is 5.71 Å². The first-order valence-corrected chi connectivity index (χ1v) is 10.0. The zero-order chi connectivity index (χ0) is 18.4. The van der Waals surface area contributed by atoms with Crippen LogP contribution in [-0.4, -0.2) is 23.5 Å². The van der Waals surface area contributed by atoms with E-state index in [9.17, 15) is 0 Å². The lowest BCUT2D eigenvalue weighted by Crippen LogP contribution is -2.31. The van der Waals surface area contributed by atoms with Gasteiger partial charge in [-0.15, -0.1) is 0 Å². The summed E-state index contributed by atoms with van der Waals surface area (Å²) in [4.78, 5) is 9.63. The van der Waals surface area contributed by atoms with E-state index in [1.54, 1.807) is 12.4 Å². The molecule has 3 aliphatic carbocycles. The van der Waals surface area contributed by atoms with Crippen LogP contribution in [0.2, 0.25) is 0 Å². The lowest BCUT2D eigenvalue weighted by atomic mass is 9.81. The second-order valence-electron chi connectivity index (χ2n) is 7.63. The van der Waals surface area contributed by atoms with Crippen LogP contribution in [-0.2, 0) is 0 Å². The highest BCUT2D eigenvalue weighted by molar-refractivity contribution is 6.53. The fourth-order valence-electron chi connectivity index (χ4n) is 4.29. The van der Waals surface area contributed by atoms with Crippen LogP contribution in [0.1, 0.15) is 57.8 Å². The van der Waals surface area contributed by atoms with E-state index in [1.165, 1.54) is 37.7 Å². The maximum atomic E-state index is 6.06. The number of nitrogens with one attached hydrogen (secondary N) is 1. The van der Waals surface area contributed by atoms with Crippen molar-refractivity contribution in [3.8, 4) is 0 Å². The van der Waals surface area contributed by atoms with Gasteiger partial charge < -0.3 is 11.1 Å². The van der Waals surface area contributed by atoms with Gasteiger partial charge in [-0.05, 0) is 68.4 Å². The Hall–Kier alpha value is -1.94. The molecule has 0 heterocycles. The molecule has 3 rings (SSSR count). The van der Waals surface area contributed by atoms with Gasteiger partial charge in [-0.1, -0.05) is 32.4 Å². The van der Waals surface area contributed by atoms with E-state index >= 15 is 0 Å². The quantitative estimate of drug-likeness (QED) is 0.720. The first-order chi connectivity index (χ1) is 12.7. The Morgan fingerprint density at radius 2 is 1.73 bits per heavy atom. The van der Waals surface area contributed by atoms with Crippen molar-refractivity contribution in [3.63, 3.8) is 0 Å². The largest absolute Gasteiger partial charge is 0.360 e. The van der Waals surface area contributed by atoms with Crippen molar-refractivity contribution in [2.24, 2.45) is 21.6 Å². The average molecular weight is 353 g/mol. The van der Waals surface area contributed by atoms with Crippen molar-refractivity contribution in [3.05, 3.63) is 49.0 Å². The van der Waals surface area contributed by atoms with Crippen molar-refractivity contribution >= 4 is 11.4 Å². The molecule has 0 saturated heterocycles. The third-order valence-electron chi connectivity index (χ3n) is 5.73. The molecule has 0 amide bonds. The third kappa shape index (κ3) is 4.61. The van der Waals surface area contributed by atoms with E-state index in [4.69, 9.17) is 10.7 Å². The number of aliphatic imine (C=N–C) groups is 2. The molecular formula is C22H32N4. The monoisotopic (exact) mass is 352 g/mol. The Labute approximate surface area is 157 Å². The molecule has 140 valence electrons. The molecule has 4 heteroatoms. The van der Waals surface area contributed by atoms with Crippen molar-refractivity contribution in [2.75, 3.05) is 0 Å². The topological polar surface area (TPSA) is 62.8 Å². The molecule has 0 bridgehead atoms. The first-order valence-electron chi connectivity index (χ1n) is 10.0. The van der Waals surface area contributed by atoms with Gasteiger partial charge in [0.05, 0.1) is 17.5 Å². The number of hydrogen-bond acceptors (Lipinski definition) is 4. The van der Waals surface area contributed by atoms with Crippen molar-refractivity contribution in [1.29, 1.82) is 0 Å². The Morgan fingerprint density at radius 1 is 1.00 bits per heavy atom. The number of nitrogens with two attached hydrogens (primary N) is 1. The molecule has 3 aliphatic rings. The molecule has 0 aliphatic heterocycles. The van der Waals surface area contributed by atoms with E-state index in [2.05, 4.69) is 35.6 Å². The fourth-order valence-corrected chi connectivity index (χ4v) is 4.29. The van der Waals surface area contributed by atoms with E-state index in [1.807, 2.05) is 0 Å². The lowest BCUT2D eigenvalue weighted by Gasteiger charge is -2.28. The van der Waals surface area contributed by atoms with Crippen LogP contribution in [0.3, 0.4) is 0 Å². The molecule has 0 aromatic rings. The van der Waals surface area contributed by atoms with Crippen LogP contribution in [0.15, 0.2) is 59.0 Å². The number of allylic oxidation sites excluding steroid dienone is 4. The van der Waals surface area contributed by atoms with Crippen molar-refractivity contribution in [1.82, 2.24) is 5.32 Å². The SMILES string of the molecule is C=CN=C1C(NC=C)=CC(C2CCCCC2)=CC1=NC1CCC(N)CC1. The predicted octanol–water partition coefficient (Wildman–Crippen LogP) is 4.42. The summed E-state index contributed by atoms with van der Waals surface area (Å²) < 4.78 is 0. The molecule has 26 heavy (non-hydrogen) atoms. The molecular weight excluding hydrogens is 320 g/mol. The van der Waals surface area contributed by atoms with Gasteiger partial charge in [0.25, 0.3) is 0 Å². The Morgan fingerprint density at radius 3 is 2.38 bits per heavy atom. The molecule has 0 atom stereocenters. The molecule has 2 fully saturated rings. The highest BCUT2D eigenvalue weighted by Gasteiger charge is 2.26. The van der Waals surface area contributed by atoms with Gasteiger partial charge in [-0.3, -0.25) is 9.98 Å². The van der Waals surface area contributed by atoms with Crippen LogP contribution in [0.25, 0.3) is 0 Å². The standard InChI is InChI=1S/C22H32N4/c1-3-24-20-14-17(16-8-6-5-7-9-16)15-21(22(20)25-4-2)26-19-12-10-18(23)11-13-19/h3-4,14-16,18-19,24H,1-2,5-13,23H2. The van der Waals surface area contributed by atoms with Gasteiger partial charge >= 0.3 is 0 Å². The summed E-state index contributed by atoms with van der Waals surface area (Å²) in [6.07, 6.45) is 18.6. The lowest BCUT2D eigenvalue weighted by molar-refractivity contribution is 0.396. The van der Waals surface area contributed by atoms with Gasteiger partial charge in [-0.25, -0.2) is 0 Å². The molecule has 3 N–H and O–H groups in total. The van der Waals surface area contributed by atoms with Gasteiger partial charge in [0, 0.05) is 12.2 Å². The van der Waals surface area contributed by atoms with Crippen LogP contribution in [0, 0.1) is 5.92 Å². The van der Waals surface area contributed by atoms with Gasteiger partial charge in [0.15, 0.2) is 0 Å². The summed E-state index contributed by atoms with van der Waals surface area (Å²) >= 11 is 0. The molecule has 2 saturated carbocycles. The Bertz CT molecular complexity index is 639. The van der Waals surface area contributed by atoms with Crippen LogP contribution >= 0.6 is 0 Å².